The van der Waals surface area contributed by atoms with Crippen LogP contribution >= 0.6 is 0 Å². The summed E-state index contributed by atoms with van der Waals surface area (Å²) in [5.74, 6) is 3.78. The number of benzene rings is 2. The molecular formula is C35H48O. The van der Waals surface area contributed by atoms with Gasteiger partial charge in [0.05, 0.1) is 0 Å². The molecule has 194 valence electrons. The van der Waals surface area contributed by atoms with Crippen molar-refractivity contribution in [3.05, 3.63) is 76.9 Å². The molecule has 0 saturated heterocycles. The van der Waals surface area contributed by atoms with E-state index in [0.29, 0.717) is 11.2 Å². The van der Waals surface area contributed by atoms with E-state index in [-0.39, 0.29) is 0 Å². The molecule has 1 nitrogen and oxygen atoms in total. The molecule has 0 heterocycles. The van der Waals surface area contributed by atoms with Crippen molar-refractivity contribution < 1.29 is 5.11 Å². The molecular weight excluding hydrogens is 436 g/mol. The van der Waals surface area contributed by atoms with Crippen LogP contribution in [-0.4, -0.2) is 5.11 Å². The fourth-order valence-electron chi connectivity index (χ4n) is 8.43. The lowest BCUT2D eigenvalue weighted by molar-refractivity contribution is -0.00558. The number of phenols is 1. The summed E-state index contributed by atoms with van der Waals surface area (Å²) in [7, 11) is 0. The molecule has 36 heavy (non-hydrogen) atoms. The lowest BCUT2D eigenvalue weighted by atomic mass is 9.51. The summed E-state index contributed by atoms with van der Waals surface area (Å²) in [6, 6.07) is 15.4. The highest BCUT2D eigenvalue weighted by Gasteiger charge is 2.48. The molecule has 0 bridgehead atoms. The average Bonchev–Trinajstić information content (AvgIpc) is 2.86. The average molecular weight is 485 g/mol. The predicted molar refractivity (Wildman–Crippen MR) is 152 cm³/mol. The number of phenolic OH excluding ortho intramolecular Hbond substituents is 1. The lowest BCUT2D eigenvalue weighted by Gasteiger charge is -2.54. The number of aryl methyl sites for hydroxylation is 1. The van der Waals surface area contributed by atoms with E-state index in [2.05, 4.69) is 62.4 Å². The Balaban J connectivity index is 1.32. The second-order valence-corrected chi connectivity index (χ2v) is 12.6. The highest BCUT2D eigenvalue weighted by Crippen LogP contribution is 2.57. The van der Waals surface area contributed by atoms with Crippen LogP contribution in [0, 0.1) is 29.1 Å². The van der Waals surface area contributed by atoms with Gasteiger partial charge in [-0.15, -0.1) is 0 Å². The van der Waals surface area contributed by atoms with Crippen LogP contribution in [0.4, 0.5) is 0 Å². The summed E-state index contributed by atoms with van der Waals surface area (Å²) in [4.78, 5) is 0. The van der Waals surface area contributed by atoms with Crippen molar-refractivity contribution in [2.75, 3.05) is 0 Å². The van der Waals surface area contributed by atoms with Gasteiger partial charge in [-0.3, -0.25) is 0 Å². The molecule has 1 N–H and O–H groups in total. The van der Waals surface area contributed by atoms with Crippen molar-refractivity contribution in [2.24, 2.45) is 29.1 Å². The molecule has 3 aliphatic carbocycles. The molecule has 5 rings (SSSR count). The number of allylic oxidation sites excluding steroid dienone is 2. The second-order valence-electron chi connectivity index (χ2n) is 12.6. The first kappa shape index (κ1) is 25.6. The zero-order chi connectivity index (χ0) is 25.0. The third kappa shape index (κ3) is 5.76. The van der Waals surface area contributed by atoms with Crippen LogP contribution in [0.25, 0.3) is 0 Å². The van der Waals surface area contributed by atoms with Gasteiger partial charge < -0.3 is 5.11 Å². The van der Waals surface area contributed by atoms with Gasteiger partial charge in [0, 0.05) is 0 Å². The summed E-state index contributed by atoms with van der Waals surface area (Å²) in [5.41, 5.74) is 6.00. The van der Waals surface area contributed by atoms with Crippen molar-refractivity contribution >= 4 is 0 Å². The minimum absolute atomic E-state index is 0.447. The van der Waals surface area contributed by atoms with E-state index < -0.39 is 0 Å². The highest BCUT2D eigenvalue weighted by atomic mass is 16.3. The van der Waals surface area contributed by atoms with Gasteiger partial charge in [0.25, 0.3) is 0 Å². The smallest absolute Gasteiger partial charge is 0.116 e. The number of hydrogen-bond donors (Lipinski definition) is 1. The van der Waals surface area contributed by atoms with E-state index in [1.165, 1.54) is 92.9 Å². The van der Waals surface area contributed by atoms with E-state index in [1.54, 1.807) is 0 Å². The number of hydrogen-bond acceptors (Lipinski definition) is 1. The third-order valence-electron chi connectivity index (χ3n) is 9.95. The number of unbranched alkanes of at least 4 members (excludes halogenated alkanes) is 2. The van der Waals surface area contributed by atoms with Gasteiger partial charge in [-0.05, 0) is 128 Å². The molecule has 2 aromatic rings. The molecule has 0 amide bonds. The summed E-state index contributed by atoms with van der Waals surface area (Å²) in [6.07, 6.45) is 23.3. The topological polar surface area (TPSA) is 20.2 Å². The summed E-state index contributed by atoms with van der Waals surface area (Å²) >= 11 is 0. The van der Waals surface area contributed by atoms with Gasteiger partial charge in [-0.25, -0.2) is 0 Å². The second kappa shape index (κ2) is 11.6. The molecule has 2 aromatic carbocycles. The summed E-state index contributed by atoms with van der Waals surface area (Å²) in [6.45, 7) is 4.74. The first-order valence-electron chi connectivity index (χ1n) is 15.1. The predicted octanol–water partition coefficient (Wildman–Crippen LogP) is 9.45. The highest BCUT2D eigenvalue weighted by molar-refractivity contribution is 5.39. The summed E-state index contributed by atoms with van der Waals surface area (Å²) in [5, 5.41) is 10.7. The molecule has 5 atom stereocenters. The van der Waals surface area contributed by atoms with E-state index in [0.717, 1.165) is 42.9 Å². The minimum atomic E-state index is 0.447. The van der Waals surface area contributed by atoms with Gasteiger partial charge in [-0.2, -0.15) is 0 Å². The van der Waals surface area contributed by atoms with E-state index in [9.17, 15) is 5.11 Å². The maximum Gasteiger partial charge on any atom is 0.116 e. The monoisotopic (exact) mass is 484 g/mol. The maximum atomic E-state index is 10.7. The molecule has 0 radical (unpaired) electrons. The number of fused-ring (bicyclic) bond motifs is 2. The first-order chi connectivity index (χ1) is 17.6. The molecule has 1 spiro atoms. The third-order valence-corrected chi connectivity index (χ3v) is 9.95. The Bertz CT molecular complexity index is 1030. The zero-order valence-corrected chi connectivity index (χ0v) is 22.9. The van der Waals surface area contributed by atoms with Gasteiger partial charge in [0.1, 0.15) is 5.75 Å². The Morgan fingerprint density at radius 1 is 0.944 bits per heavy atom. The van der Waals surface area contributed by atoms with Crippen LogP contribution in [-0.2, 0) is 19.3 Å². The van der Waals surface area contributed by atoms with Gasteiger partial charge in [0.15, 0.2) is 0 Å². The largest absolute Gasteiger partial charge is 0.508 e. The van der Waals surface area contributed by atoms with Crippen molar-refractivity contribution in [1.29, 1.82) is 0 Å². The Kier molecular flexibility index (Phi) is 8.24. The Labute approximate surface area is 220 Å². The summed E-state index contributed by atoms with van der Waals surface area (Å²) < 4.78 is 0. The first-order valence-corrected chi connectivity index (χ1v) is 15.1. The van der Waals surface area contributed by atoms with Crippen LogP contribution in [0.15, 0.2) is 54.6 Å². The number of rotatable bonds is 8. The molecule has 0 aromatic heterocycles. The normalized spacial score (nSPS) is 29.8. The van der Waals surface area contributed by atoms with E-state index >= 15 is 0 Å². The standard InChI is InChI=1S/C35H48O/c1-3-4-5-12-29-13-6-7-14-30(29)21-27-20-28(24-32(36)23-27)22-31-15-8-17-34-33(31)16-10-19-35(34)18-9-11-26(2)25-35/h6-7,9,13-14,18,20,23-24,26,31,33-34,36H,3-5,8,10-12,15-17,19,21-22,25H2,1-2H3/t26-,31-,33-,34+,35+/m0/s1. The van der Waals surface area contributed by atoms with Crippen LogP contribution in [0.2, 0.25) is 0 Å². The molecule has 0 unspecified atom stereocenters. The van der Waals surface area contributed by atoms with Gasteiger partial charge in [-0.1, -0.05) is 82.0 Å². The fraction of sp³-hybridized carbons (Fsp3) is 0.600. The number of aromatic hydroxyl groups is 1. The van der Waals surface area contributed by atoms with Crippen LogP contribution in [0.3, 0.4) is 0 Å². The molecule has 2 fully saturated rings. The maximum absolute atomic E-state index is 10.7. The van der Waals surface area contributed by atoms with E-state index in [4.69, 9.17) is 0 Å². The molecule has 2 saturated carbocycles. The Morgan fingerprint density at radius 2 is 1.78 bits per heavy atom. The van der Waals surface area contributed by atoms with Crippen LogP contribution in [0.1, 0.15) is 107 Å². The Hall–Kier alpha value is -2.02. The SMILES string of the molecule is CCCCCc1ccccc1Cc1cc(O)cc(C[C@@H]2CCC[C@@H]3[C@H]2CCC[C@@]32C=CC[C@H](C)C2)c1. The molecule has 0 aliphatic heterocycles. The van der Waals surface area contributed by atoms with Gasteiger partial charge >= 0.3 is 0 Å². The Morgan fingerprint density at radius 3 is 2.61 bits per heavy atom. The zero-order valence-electron chi connectivity index (χ0n) is 22.9. The van der Waals surface area contributed by atoms with Crippen molar-refractivity contribution in [1.82, 2.24) is 0 Å². The van der Waals surface area contributed by atoms with E-state index in [1.807, 2.05) is 6.07 Å². The van der Waals surface area contributed by atoms with Crippen molar-refractivity contribution in [3.8, 4) is 5.75 Å². The van der Waals surface area contributed by atoms with Gasteiger partial charge in [0.2, 0.25) is 0 Å². The molecule has 3 aliphatic rings. The molecule has 1 heteroatoms. The van der Waals surface area contributed by atoms with Crippen LogP contribution in [0.5, 0.6) is 5.75 Å². The lowest BCUT2D eigenvalue weighted by Crippen LogP contribution is -2.45. The minimum Gasteiger partial charge on any atom is -0.508 e. The van der Waals surface area contributed by atoms with Crippen molar-refractivity contribution in [3.63, 3.8) is 0 Å². The van der Waals surface area contributed by atoms with Crippen LogP contribution < -0.4 is 0 Å². The fourth-order valence-corrected chi connectivity index (χ4v) is 8.43. The quantitative estimate of drug-likeness (QED) is 0.292. The van der Waals surface area contributed by atoms with Crippen molar-refractivity contribution in [2.45, 2.75) is 104 Å².